The molecule has 1 aromatic carbocycles. The first-order chi connectivity index (χ1) is 9.76. The highest BCUT2D eigenvalue weighted by Crippen LogP contribution is 2.32. The van der Waals surface area contributed by atoms with E-state index in [1.807, 2.05) is 18.2 Å². The van der Waals surface area contributed by atoms with Crippen molar-refractivity contribution < 1.29 is 4.74 Å². The maximum absolute atomic E-state index is 5.28. The van der Waals surface area contributed by atoms with Gasteiger partial charge in [0.15, 0.2) is 0 Å². The first-order valence-electron chi connectivity index (χ1n) is 7.30. The maximum Gasteiger partial charge on any atom is 0.120 e. The molecule has 0 bridgehead atoms. The first-order valence-corrected chi connectivity index (χ1v) is 7.30. The van der Waals surface area contributed by atoms with E-state index in [-0.39, 0.29) is 6.17 Å². The molecule has 1 saturated heterocycles. The highest BCUT2D eigenvalue weighted by molar-refractivity contribution is 5.49. The zero-order chi connectivity index (χ0) is 13.9. The van der Waals surface area contributed by atoms with Crippen LogP contribution in [-0.2, 0) is 0 Å². The topological polar surface area (TPSA) is 45.3 Å². The quantitative estimate of drug-likeness (QED) is 0.740. The summed E-state index contributed by atoms with van der Waals surface area (Å²) in [4.78, 5) is 0. The van der Waals surface area contributed by atoms with Crippen molar-refractivity contribution in [2.45, 2.75) is 31.5 Å². The van der Waals surface area contributed by atoms with Crippen LogP contribution in [-0.4, -0.2) is 26.0 Å². The minimum Gasteiger partial charge on any atom is -0.497 e. The standard InChI is InChI=1S/C16H23N3O/c1-11-6-7-15-14(8-11)16(18-10-17-15)19-12-4-3-5-13(9-12)20-2/h3-5,9,14-19H,1,6-8,10H2,2H3. The van der Waals surface area contributed by atoms with E-state index in [0.29, 0.717) is 12.0 Å². The number of hydrogen-bond donors (Lipinski definition) is 3. The predicted molar refractivity (Wildman–Crippen MR) is 81.8 cm³/mol. The number of benzene rings is 1. The average molecular weight is 273 g/mol. The third-order valence-electron chi connectivity index (χ3n) is 4.36. The van der Waals surface area contributed by atoms with Crippen LogP contribution in [0.4, 0.5) is 5.69 Å². The summed E-state index contributed by atoms with van der Waals surface area (Å²) in [6, 6.07) is 8.69. The summed E-state index contributed by atoms with van der Waals surface area (Å²) < 4.78 is 5.28. The van der Waals surface area contributed by atoms with E-state index in [9.17, 15) is 0 Å². The third-order valence-corrected chi connectivity index (χ3v) is 4.36. The number of nitrogens with one attached hydrogen (secondary N) is 3. The van der Waals surface area contributed by atoms with Gasteiger partial charge in [-0.2, -0.15) is 0 Å². The minimum atomic E-state index is 0.283. The summed E-state index contributed by atoms with van der Waals surface area (Å²) in [7, 11) is 1.70. The number of rotatable bonds is 3. The van der Waals surface area contributed by atoms with Gasteiger partial charge in [-0.3, -0.25) is 5.32 Å². The van der Waals surface area contributed by atoms with Crippen molar-refractivity contribution >= 4 is 5.69 Å². The van der Waals surface area contributed by atoms with Crippen LogP contribution in [0.25, 0.3) is 0 Å². The SMILES string of the molecule is C=C1CCC2NCNC(Nc3cccc(OC)c3)C2C1. The largest absolute Gasteiger partial charge is 0.497 e. The molecule has 3 unspecified atom stereocenters. The average Bonchev–Trinajstić information content (AvgIpc) is 2.48. The lowest BCUT2D eigenvalue weighted by Gasteiger charge is -2.43. The van der Waals surface area contributed by atoms with Crippen LogP contribution < -0.4 is 20.7 Å². The van der Waals surface area contributed by atoms with E-state index in [4.69, 9.17) is 4.74 Å². The van der Waals surface area contributed by atoms with Gasteiger partial charge in [0.05, 0.1) is 13.3 Å². The molecule has 1 aliphatic carbocycles. The molecular formula is C16H23N3O. The number of anilines is 1. The van der Waals surface area contributed by atoms with Crippen molar-refractivity contribution in [3.63, 3.8) is 0 Å². The van der Waals surface area contributed by atoms with E-state index in [1.165, 1.54) is 12.0 Å². The number of methoxy groups -OCH3 is 1. The van der Waals surface area contributed by atoms with Gasteiger partial charge in [-0.15, -0.1) is 0 Å². The number of allylic oxidation sites excluding steroid dienone is 1. The molecule has 0 spiro atoms. The summed E-state index contributed by atoms with van der Waals surface area (Å²) in [5.74, 6) is 1.43. The molecule has 4 nitrogen and oxygen atoms in total. The summed E-state index contributed by atoms with van der Waals surface area (Å²) in [6.07, 6.45) is 3.72. The van der Waals surface area contributed by atoms with Gasteiger partial charge in [0.1, 0.15) is 5.75 Å². The highest BCUT2D eigenvalue weighted by atomic mass is 16.5. The summed E-state index contributed by atoms with van der Waals surface area (Å²) in [5, 5.41) is 10.7. The zero-order valence-corrected chi connectivity index (χ0v) is 12.0. The van der Waals surface area contributed by atoms with E-state index in [1.54, 1.807) is 7.11 Å². The molecule has 3 atom stereocenters. The Bertz CT molecular complexity index is 488. The Morgan fingerprint density at radius 2 is 2.25 bits per heavy atom. The summed E-state index contributed by atoms with van der Waals surface area (Å²) in [6.45, 7) is 5.03. The predicted octanol–water partition coefficient (Wildman–Crippen LogP) is 2.31. The van der Waals surface area contributed by atoms with Crippen LogP contribution in [0.3, 0.4) is 0 Å². The molecule has 2 fully saturated rings. The van der Waals surface area contributed by atoms with E-state index < -0.39 is 0 Å². The number of fused-ring (bicyclic) bond motifs is 1. The number of ether oxygens (including phenoxy) is 1. The molecule has 1 aliphatic heterocycles. The molecule has 1 saturated carbocycles. The molecule has 2 aliphatic rings. The maximum atomic E-state index is 5.28. The Hall–Kier alpha value is -1.52. The van der Waals surface area contributed by atoms with Gasteiger partial charge >= 0.3 is 0 Å². The van der Waals surface area contributed by atoms with Crippen molar-refractivity contribution in [2.24, 2.45) is 5.92 Å². The second-order valence-corrected chi connectivity index (χ2v) is 5.70. The molecule has 1 heterocycles. The smallest absolute Gasteiger partial charge is 0.120 e. The summed E-state index contributed by atoms with van der Waals surface area (Å²) in [5.41, 5.74) is 2.47. The fraction of sp³-hybridized carbons (Fsp3) is 0.500. The Balaban J connectivity index is 1.73. The van der Waals surface area contributed by atoms with Crippen molar-refractivity contribution in [1.29, 1.82) is 0 Å². The van der Waals surface area contributed by atoms with Gasteiger partial charge in [0, 0.05) is 30.4 Å². The van der Waals surface area contributed by atoms with Crippen LogP contribution in [0.2, 0.25) is 0 Å². The van der Waals surface area contributed by atoms with Gasteiger partial charge in [-0.05, 0) is 31.4 Å². The third kappa shape index (κ3) is 2.81. The lowest BCUT2D eigenvalue weighted by molar-refractivity contribution is 0.196. The minimum absolute atomic E-state index is 0.283. The lowest BCUT2D eigenvalue weighted by atomic mass is 9.79. The van der Waals surface area contributed by atoms with Crippen molar-refractivity contribution in [1.82, 2.24) is 10.6 Å². The molecule has 3 N–H and O–H groups in total. The van der Waals surface area contributed by atoms with Crippen molar-refractivity contribution in [3.8, 4) is 5.75 Å². The monoisotopic (exact) mass is 273 g/mol. The van der Waals surface area contributed by atoms with E-state index in [2.05, 4.69) is 28.6 Å². The van der Waals surface area contributed by atoms with Crippen molar-refractivity contribution in [2.75, 3.05) is 19.1 Å². The second kappa shape index (κ2) is 5.85. The fourth-order valence-electron chi connectivity index (χ4n) is 3.26. The van der Waals surface area contributed by atoms with Crippen molar-refractivity contribution in [3.05, 3.63) is 36.4 Å². The fourth-order valence-corrected chi connectivity index (χ4v) is 3.26. The Kier molecular flexibility index (Phi) is 3.94. The molecule has 1 aromatic rings. The second-order valence-electron chi connectivity index (χ2n) is 5.70. The van der Waals surface area contributed by atoms with Gasteiger partial charge in [0.2, 0.25) is 0 Å². The molecule has 0 aromatic heterocycles. The van der Waals surface area contributed by atoms with Gasteiger partial charge in [0.25, 0.3) is 0 Å². The van der Waals surface area contributed by atoms with Crippen LogP contribution in [0, 0.1) is 5.92 Å². The van der Waals surface area contributed by atoms with Crippen LogP contribution in [0.15, 0.2) is 36.4 Å². The Labute approximate surface area is 120 Å². The molecule has 0 radical (unpaired) electrons. The molecule has 108 valence electrons. The van der Waals surface area contributed by atoms with Gasteiger partial charge in [-0.1, -0.05) is 18.2 Å². The molecule has 4 heteroatoms. The molecule has 0 amide bonds. The van der Waals surface area contributed by atoms with Gasteiger partial charge < -0.3 is 15.4 Å². The first kappa shape index (κ1) is 13.5. The normalized spacial score (nSPS) is 29.6. The molecule has 20 heavy (non-hydrogen) atoms. The highest BCUT2D eigenvalue weighted by Gasteiger charge is 2.35. The Morgan fingerprint density at radius 3 is 3.10 bits per heavy atom. The molecular weight excluding hydrogens is 250 g/mol. The summed E-state index contributed by atoms with van der Waals surface area (Å²) >= 11 is 0. The van der Waals surface area contributed by atoms with Crippen LogP contribution in [0.1, 0.15) is 19.3 Å². The van der Waals surface area contributed by atoms with Crippen LogP contribution in [0.5, 0.6) is 5.75 Å². The van der Waals surface area contributed by atoms with E-state index >= 15 is 0 Å². The number of hydrogen-bond acceptors (Lipinski definition) is 4. The van der Waals surface area contributed by atoms with Gasteiger partial charge in [-0.25, -0.2) is 0 Å². The lowest BCUT2D eigenvalue weighted by Crippen LogP contribution is -2.61. The van der Waals surface area contributed by atoms with E-state index in [0.717, 1.165) is 30.9 Å². The Morgan fingerprint density at radius 1 is 1.35 bits per heavy atom. The zero-order valence-electron chi connectivity index (χ0n) is 12.0. The molecule has 3 rings (SSSR count). The van der Waals surface area contributed by atoms with Crippen LogP contribution >= 0.6 is 0 Å².